The summed E-state index contributed by atoms with van der Waals surface area (Å²) >= 11 is 0. The van der Waals surface area contributed by atoms with Crippen LogP contribution >= 0.6 is 0 Å². The smallest absolute Gasteiger partial charge is 0.312 e. The third kappa shape index (κ3) is 4.49. The predicted octanol–water partition coefficient (Wildman–Crippen LogP) is 2.75. The van der Waals surface area contributed by atoms with E-state index < -0.39 is 23.4 Å². The monoisotopic (exact) mass is 441 g/mol. The molecule has 0 saturated carbocycles. The zero-order chi connectivity index (χ0) is 22.8. The summed E-state index contributed by atoms with van der Waals surface area (Å²) in [5.74, 6) is -3.43. The van der Waals surface area contributed by atoms with Gasteiger partial charge in [-0.05, 0) is 43.5 Å². The largest absolute Gasteiger partial charge is 0.338 e. The number of nitrogens with zero attached hydrogens (tertiary/aromatic N) is 3. The van der Waals surface area contributed by atoms with Crippen molar-refractivity contribution in [2.45, 2.75) is 32.4 Å². The number of amides is 3. The first-order valence-corrected chi connectivity index (χ1v) is 10.7. The minimum atomic E-state index is -1.06. The van der Waals surface area contributed by atoms with Gasteiger partial charge in [0, 0.05) is 44.3 Å². The van der Waals surface area contributed by atoms with E-state index in [1.165, 1.54) is 6.07 Å². The Balaban J connectivity index is 1.33. The number of piperidine rings is 1. The summed E-state index contributed by atoms with van der Waals surface area (Å²) in [4.78, 5) is 42.8. The molecular weight excluding hydrogens is 416 g/mol. The summed E-state index contributed by atoms with van der Waals surface area (Å²) in [5.41, 5.74) is 2.21. The second kappa shape index (κ2) is 9.06. The number of hydrogen-bond acceptors (Lipinski definition) is 3. The maximum atomic E-state index is 13.5. The van der Waals surface area contributed by atoms with Gasteiger partial charge in [0.2, 0.25) is 0 Å². The third-order valence-corrected chi connectivity index (χ3v) is 6.19. The Morgan fingerprint density at radius 1 is 0.906 bits per heavy atom. The van der Waals surface area contributed by atoms with Gasteiger partial charge in [-0.25, -0.2) is 8.78 Å². The van der Waals surface area contributed by atoms with E-state index in [0.717, 1.165) is 23.3 Å². The van der Waals surface area contributed by atoms with Gasteiger partial charge >= 0.3 is 11.8 Å². The summed E-state index contributed by atoms with van der Waals surface area (Å²) in [6, 6.07) is 10.9. The first kappa shape index (κ1) is 21.9. The molecule has 0 atom stereocenters. The van der Waals surface area contributed by atoms with Crippen LogP contribution in [0.1, 0.15) is 34.3 Å². The molecule has 0 spiro atoms. The lowest BCUT2D eigenvalue weighted by atomic mass is 10.0. The van der Waals surface area contributed by atoms with Crippen LogP contribution in [0.15, 0.2) is 42.5 Å². The second-order valence-corrected chi connectivity index (χ2v) is 8.36. The van der Waals surface area contributed by atoms with Crippen LogP contribution in [0.25, 0.3) is 0 Å². The summed E-state index contributed by atoms with van der Waals surface area (Å²) in [5, 5.41) is 0. The number of benzene rings is 2. The van der Waals surface area contributed by atoms with Crippen molar-refractivity contribution in [3.8, 4) is 0 Å². The standard InChI is InChI=1S/C24H25F2N3O3/c1-16-2-4-17(5-3-16)15-28-12-13-29(24(32)23(28)31)19-8-10-27(11-9-19)22(30)18-6-7-20(25)21(26)14-18/h2-7,14,19H,8-13,15H2,1H3. The first-order chi connectivity index (χ1) is 15.3. The molecular formula is C24H25F2N3O3. The number of carbonyl (C=O) groups is 3. The van der Waals surface area contributed by atoms with Crippen LogP contribution < -0.4 is 0 Å². The minimum Gasteiger partial charge on any atom is -0.338 e. The molecule has 0 aromatic heterocycles. The molecule has 0 radical (unpaired) electrons. The van der Waals surface area contributed by atoms with Gasteiger partial charge in [0.05, 0.1) is 0 Å². The Morgan fingerprint density at radius 2 is 1.59 bits per heavy atom. The first-order valence-electron chi connectivity index (χ1n) is 10.7. The van der Waals surface area contributed by atoms with Gasteiger partial charge in [-0.1, -0.05) is 29.8 Å². The van der Waals surface area contributed by atoms with Crippen LogP contribution in [0.5, 0.6) is 0 Å². The SMILES string of the molecule is Cc1ccc(CN2CCN(C3CCN(C(=O)c4ccc(F)c(F)c4)CC3)C(=O)C2=O)cc1. The fourth-order valence-electron chi connectivity index (χ4n) is 4.30. The number of carbonyl (C=O) groups excluding carboxylic acids is 3. The maximum Gasteiger partial charge on any atom is 0.312 e. The van der Waals surface area contributed by atoms with Gasteiger partial charge in [0.15, 0.2) is 11.6 Å². The van der Waals surface area contributed by atoms with Crippen molar-refractivity contribution in [2.75, 3.05) is 26.2 Å². The topological polar surface area (TPSA) is 60.9 Å². The highest BCUT2D eigenvalue weighted by molar-refractivity contribution is 6.35. The van der Waals surface area contributed by atoms with Crippen molar-refractivity contribution in [3.05, 3.63) is 70.8 Å². The van der Waals surface area contributed by atoms with Gasteiger partial charge in [0.25, 0.3) is 5.91 Å². The van der Waals surface area contributed by atoms with Crippen molar-refractivity contribution in [3.63, 3.8) is 0 Å². The zero-order valence-corrected chi connectivity index (χ0v) is 17.9. The lowest BCUT2D eigenvalue weighted by Crippen LogP contribution is -2.59. The molecule has 2 aliphatic rings. The summed E-state index contributed by atoms with van der Waals surface area (Å²) in [6.07, 6.45) is 1.07. The maximum absolute atomic E-state index is 13.5. The minimum absolute atomic E-state index is 0.0957. The number of piperazine rings is 1. The highest BCUT2D eigenvalue weighted by atomic mass is 19.2. The van der Waals surface area contributed by atoms with Crippen LogP contribution in [-0.4, -0.2) is 64.6 Å². The molecule has 0 bridgehead atoms. The van der Waals surface area contributed by atoms with E-state index in [4.69, 9.17) is 0 Å². The molecule has 6 nitrogen and oxygen atoms in total. The van der Waals surface area contributed by atoms with Crippen LogP contribution in [-0.2, 0) is 16.1 Å². The van der Waals surface area contributed by atoms with Crippen molar-refractivity contribution < 1.29 is 23.2 Å². The molecule has 2 heterocycles. The lowest BCUT2D eigenvalue weighted by molar-refractivity contribution is -0.158. The second-order valence-electron chi connectivity index (χ2n) is 8.36. The molecule has 0 N–H and O–H groups in total. The van der Waals surface area contributed by atoms with Crippen molar-refractivity contribution >= 4 is 17.7 Å². The van der Waals surface area contributed by atoms with Crippen LogP contribution in [0.4, 0.5) is 8.78 Å². The number of likely N-dealkylation sites (tertiary alicyclic amines) is 1. The summed E-state index contributed by atoms with van der Waals surface area (Å²) in [6.45, 7) is 4.08. The number of hydrogen-bond donors (Lipinski definition) is 0. The molecule has 2 saturated heterocycles. The number of rotatable bonds is 4. The number of aryl methyl sites for hydroxylation is 1. The Hall–Kier alpha value is -3.29. The molecule has 2 aromatic rings. The van der Waals surface area contributed by atoms with Crippen LogP contribution in [0.2, 0.25) is 0 Å². The van der Waals surface area contributed by atoms with E-state index in [1.807, 2.05) is 31.2 Å². The lowest BCUT2D eigenvalue weighted by Gasteiger charge is -2.42. The normalized spacial score (nSPS) is 17.8. The average Bonchev–Trinajstić information content (AvgIpc) is 2.80. The van der Waals surface area contributed by atoms with Crippen LogP contribution in [0.3, 0.4) is 0 Å². The molecule has 0 unspecified atom stereocenters. The molecule has 2 fully saturated rings. The van der Waals surface area contributed by atoms with E-state index in [9.17, 15) is 23.2 Å². The highest BCUT2D eigenvalue weighted by Crippen LogP contribution is 2.22. The van der Waals surface area contributed by atoms with E-state index >= 15 is 0 Å². The van der Waals surface area contributed by atoms with E-state index in [2.05, 4.69) is 0 Å². The molecule has 8 heteroatoms. The number of halogens is 2. The fourth-order valence-corrected chi connectivity index (χ4v) is 4.30. The van der Waals surface area contributed by atoms with Gasteiger partial charge in [-0.2, -0.15) is 0 Å². The van der Waals surface area contributed by atoms with Gasteiger partial charge in [0.1, 0.15) is 0 Å². The molecule has 168 valence electrons. The molecule has 32 heavy (non-hydrogen) atoms. The van der Waals surface area contributed by atoms with Crippen molar-refractivity contribution in [1.82, 2.24) is 14.7 Å². The average molecular weight is 441 g/mol. The Morgan fingerprint density at radius 3 is 2.25 bits per heavy atom. The highest BCUT2D eigenvalue weighted by Gasteiger charge is 2.38. The van der Waals surface area contributed by atoms with Crippen molar-refractivity contribution in [1.29, 1.82) is 0 Å². The fraction of sp³-hybridized carbons (Fsp3) is 0.375. The summed E-state index contributed by atoms with van der Waals surface area (Å²) < 4.78 is 26.6. The molecule has 2 aliphatic heterocycles. The zero-order valence-electron chi connectivity index (χ0n) is 17.9. The molecule has 4 rings (SSSR count). The Kier molecular flexibility index (Phi) is 6.21. The van der Waals surface area contributed by atoms with Crippen molar-refractivity contribution in [2.24, 2.45) is 0 Å². The quantitative estimate of drug-likeness (QED) is 0.686. The van der Waals surface area contributed by atoms with Gasteiger partial charge < -0.3 is 14.7 Å². The summed E-state index contributed by atoms with van der Waals surface area (Å²) in [7, 11) is 0. The predicted molar refractivity (Wildman–Crippen MR) is 114 cm³/mol. The molecule has 3 amide bonds. The Bertz CT molecular complexity index is 1030. The molecule has 2 aromatic carbocycles. The Labute approximate surface area is 185 Å². The third-order valence-electron chi connectivity index (χ3n) is 6.19. The molecule has 0 aliphatic carbocycles. The van der Waals surface area contributed by atoms with Gasteiger partial charge in [-0.3, -0.25) is 14.4 Å². The van der Waals surface area contributed by atoms with Gasteiger partial charge in [-0.15, -0.1) is 0 Å². The van der Waals surface area contributed by atoms with Crippen LogP contribution in [0, 0.1) is 18.6 Å². The van der Waals surface area contributed by atoms with E-state index in [1.54, 1.807) is 14.7 Å². The van der Waals surface area contributed by atoms with E-state index in [-0.39, 0.29) is 17.5 Å². The van der Waals surface area contributed by atoms with E-state index in [0.29, 0.717) is 45.6 Å².